The molecule has 0 aromatic carbocycles. The molecule has 0 bridgehead atoms. The Morgan fingerprint density at radius 3 is 2.17 bits per heavy atom. The minimum Gasteiger partial charge on any atom is -0.460 e. The summed E-state index contributed by atoms with van der Waals surface area (Å²) in [5.74, 6) is -3.18. The monoisotopic (exact) mass is 832 g/mol. The van der Waals surface area contributed by atoms with E-state index in [4.69, 9.17) is 9.47 Å². The minimum atomic E-state index is -3.25. The number of allylic oxidation sites excluding steroid dienone is 1. The quantitative estimate of drug-likeness (QED) is 0.0706. The number of carbonyl (C=O) groups excluding carboxylic acids is 6. The number of nitrogens with zero attached hydrogens (tertiary/aromatic N) is 2. The van der Waals surface area contributed by atoms with Crippen LogP contribution in [0.2, 0.25) is 0 Å². The van der Waals surface area contributed by atoms with Gasteiger partial charge in [-0.3, -0.25) is 24.0 Å². The molecule has 0 N–H and O–H groups in total. The van der Waals surface area contributed by atoms with Crippen LogP contribution in [0.4, 0.5) is 0 Å². The molecule has 0 aromatic rings. The summed E-state index contributed by atoms with van der Waals surface area (Å²) in [6.45, 7) is 21.0. The maximum absolute atomic E-state index is 14.2. The summed E-state index contributed by atoms with van der Waals surface area (Å²) < 4.78 is 35.3. The number of rotatable bonds is 10. The van der Waals surface area contributed by atoms with Gasteiger partial charge in [0, 0.05) is 31.9 Å². The van der Waals surface area contributed by atoms with Crippen molar-refractivity contribution < 1.29 is 46.7 Å². The van der Waals surface area contributed by atoms with E-state index in [2.05, 4.69) is 25.4 Å². The molecule has 2 aliphatic heterocycles. The van der Waals surface area contributed by atoms with Crippen LogP contribution in [0.15, 0.2) is 17.6 Å². The Kier molecular flexibility index (Phi) is 17.4. The Hall–Kier alpha value is -3.02. The number of hydrogen-bond donors (Lipinski definition) is 0. The molecule has 2 saturated carbocycles. The summed E-state index contributed by atoms with van der Waals surface area (Å²) in [7, 11) is -3.25. The van der Waals surface area contributed by atoms with Crippen molar-refractivity contribution in [2.75, 3.05) is 18.9 Å². The van der Waals surface area contributed by atoms with Gasteiger partial charge >= 0.3 is 5.97 Å². The van der Waals surface area contributed by atoms with E-state index >= 15 is 0 Å². The number of aliphatic imine (C=N–C) groups is 1. The van der Waals surface area contributed by atoms with E-state index in [0.717, 1.165) is 51.4 Å². The molecule has 4 rings (SSSR count). The summed E-state index contributed by atoms with van der Waals surface area (Å²) in [5.41, 5.74) is -1.50. The number of esters is 1. The molecule has 0 spiro atoms. The molecular formula is C45H72N2O10S. The Bertz CT molecular complexity index is 1640. The Balaban J connectivity index is 0.000000442. The third kappa shape index (κ3) is 13.2. The van der Waals surface area contributed by atoms with E-state index in [1.807, 2.05) is 6.92 Å². The number of ether oxygens (including phenoxy) is 2. The van der Waals surface area contributed by atoms with Crippen LogP contribution in [-0.4, -0.2) is 95.6 Å². The topological polar surface area (TPSA) is 171 Å². The summed E-state index contributed by atoms with van der Waals surface area (Å²) in [6.07, 6.45) is 12.2. The van der Waals surface area contributed by atoms with Crippen LogP contribution >= 0.6 is 0 Å². The molecule has 0 unspecified atom stereocenters. The van der Waals surface area contributed by atoms with Crippen LogP contribution in [0, 0.1) is 29.1 Å². The molecule has 1 amide bonds. The number of carbonyl (C=O) groups is 5. The average molecular weight is 833 g/mol. The molecule has 2 aliphatic carbocycles. The van der Waals surface area contributed by atoms with Gasteiger partial charge in [-0.25, -0.2) is 13.2 Å². The van der Waals surface area contributed by atoms with Crippen LogP contribution < -0.4 is 0 Å². The van der Waals surface area contributed by atoms with Crippen molar-refractivity contribution in [2.45, 2.75) is 187 Å². The Morgan fingerprint density at radius 1 is 0.983 bits per heavy atom. The normalized spacial score (nSPS) is 28.1. The van der Waals surface area contributed by atoms with Crippen molar-refractivity contribution in [2.24, 2.45) is 34.1 Å². The smallest absolute Gasteiger partial charge is 0.307 e. The van der Waals surface area contributed by atoms with Crippen molar-refractivity contribution in [1.82, 2.24) is 4.90 Å². The van der Waals surface area contributed by atoms with Crippen molar-refractivity contribution in [3.05, 3.63) is 12.7 Å². The number of piperidine rings is 1. The first-order valence-corrected chi connectivity index (χ1v) is 23.2. The number of hydrogen-bond acceptors (Lipinski definition) is 11. The highest BCUT2D eigenvalue weighted by molar-refractivity contribution is 7.92. The van der Waals surface area contributed by atoms with Gasteiger partial charge in [0.25, 0.3) is 0 Å². The number of fused-ring (bicyclic) bond motifs is 3. The van der Waals surface area contributed by atoms with Gasteiger partial charge in [0.2, 0.25) is 17.8 Å². The molecule has 4 aliphatic rings. The van der Waals surface area contributed by atoms with Crippen molar-refractivity contribution in [1.29, 1.82) is 0 Å². The lowest BCUT2D eigenvalue weighted by Gasteiger charge is -2.35. The average Bonchev–Trinajstić information content (AvgIpc) is 3.41. The molecule has 13 heteroatoms. The summed E-state index contributed by atoms with van der Waals surface area (Å²) >= 11 is 0. The lowest BCUT2D eigenvalue weighted by Crippen LogP contribution is -2.50. The standard InChI is InChI=1S/C33H51NO7.C12H21NO3S/c1-8-9-16-25(35)30(38)22-15-13-11-10-12-14-17-40-21(2)23(19-27(37)41-32(3,4)5)31(39)34-20-24-28(33(24,6)7)29(34)26(36)18-22;1-11(2,3)17(15,16)9-12(13-10-14)7-5-4-6-8-12/h8,21-24,28-29H,1,9-20H2,2-7H3;4-9H2,1-3H3/t21-,22+,23-,24-,28-,29+;/m0./s1. The maximum Gasteiger partial charge on any atom is 0.307 e. The zero-order valence-corrected chi connectivity index (χ0v) is 37.7. The number of ketones is 3. The molecule has 6 atom stereocenters. The third-order valence-electron chi connectivity index (χ3n) is 12.7. The van der Waals surface area contributed by atoms with E-state index in [9.17, 15) is 37.2 Å². The van der Waals surface area contributed by atoms with Gasteiger partial charge in [0.1, 0.15) is 5.60 Å². The lowest BCUT2D eigenvalue weighted by molar-refractivity contribution is -0.162. The van der Waals surface area contributed by atoms with Gasteiger partial charge < -0.3 is 14.4 Å². The number of Topliss-reactive ketones (excluding diaryl/α,β-unsaturated/α-hetero) is 3. The van der Waals surface area contributed by atoms with E-state index in [-0.39, 0.29) is 54.0 Å². The van der Waals surface area contributed by atoms with E-state index in [0.29, 0.717) is 38.8 Å². The second-order valence-corrected chi connectivity index (χ2v) is 22.5. The fourth-order valence-electron chi connectivity index (χ4n) is 8.96. The zero-order chi connectivity index (χ0) is 43.7. The molecule has 12 nitrogen and oxygen atoms in total. The fourth-order valence-corrected chi connectivity index (χ4v) is 10.5. The lowest BCUT2D eigenvalue weighted by atomic mass is 9.84. The second-order valence-electron chi connectivity index (χ2n) is 19.8. The maximum atomic E-state index is 14.2. The molecule has 4 fully saturated rings. The molecule has 0 radical (unpaired) electrons. The van der Waals surface area contributed by atoms with Crippen LogP contribution in [-0.2, 0) is 48.1 Å². The molecular weight excluding hydrogens is 761 g/mol. The zero-order valence-electron chi connectivity index (χ0n) is 36.9. The van der Waals surface area contributed by atoms with Gasteiger partial charge in [0.15, 0.2) is 21.4 Å². The van der Waals surface area contributed by atoms with Crippen LogP contribution in [0.5, 0.6) is 0 Å². The highest BCUT2D eigenvalue weighted by atomic mass is 32.2. The van der Waals surface area contributed by atoms with Crippen molar-refractivity contribution in [3.8, 4) is 0 Å². The van der Waals surface area contributed by atoms with Gasteiger partial charge in [-0.2, -0.15) is 4.99 Å². The highest BCUT2D eigenvalue weighted by Crippen LogP contribution is 2.65. The van der Waals surface area contributed by atoms with Gasteiger partial charge in [0.05, 0.1) is 40.5 Å². The molecule has 0 aromatic heterocycles. The minimum absolute atomic E-state index is 0.0107. The van der Waals surface area contributed by atoms with Crippen LogP contribution in [0.1, 0.15) is 159 Å². The predicted molar refractivity (Wildman–Crippen MR) is 223 cm³/mol. The first-order chi connectivity index (χ1) is 26.9. The molecule has 2 heterocycles. The van der Waals surface area contributed by atoms with Crippen LogP contribution in [0.25, 0.3) is 0 Å². The predicted octanol–water partition coefficient (Wildman–Crippen LogP) is 7.49. The molecule has 2 saturated heterocycles. The number of isocyanates is 1. The third-order valence-corrected chi connectivity index (χ3v) is 15.5. The first-order valence-electron chi connectivity index (χ1n) is 21.6. The van der Waals surface area contributed by atoms with Gasteiger partial charge in [-0.05, 0) is 97.8 Å². The Labute approximate surface area is 348 Å². The Morgan fingerprint density at radius 2 is 1.59 bits per heavy atom. The van der Waals surface area contributed by atoms with Gasteiger partial charge in [-0.1, -0.05) is 64.9 Å². The first kappa shape index (κ1) is 49.3. The highest BCUT2D eigenvalue weighted by Gasteiger charge is 2.69. The SMILES string of the molecule is C=CCCC(=O)C(=O)[C@@H]1CCCCCCCO[C@@H](C)[C@H](CC(=O)OC(C)(C)C)C(=O)N2C[C@H]3[C@@H]([C@H]2C(=O)C1)C3(C)C.CC(C)(C)S(=O)(=O)CC1(N=C=O)CCCCC1. The second kappa shape index (κ2) is 20.5. The fraction of sp³-hybridized carbons (Fsp3) is 0.822. The summed E-state index contributed by atoms with van der Waals surface area (Å²) in [4.78, 5) is 82.9. The van der Waals surface area contributed by atoms with E-state index in [1.54, 1.807) is 58.6 Å². The molecule has 58 heavy (non-hydrogen) atoms. The largest absolute Gasteiger partial charge is 0.460 e. The van der Waals surface area contributed by atoms with E-state index in [1.165, 1.54) is 0 Å². The number of amides is 1. The summed E-state index contributed by atoms with van der Waals surface area (Å²) in [5, 5.41) is 0. The number of sulfone groups is 1. The van der Waals surface area contributed by atoms with Crippen molar-refractivity contribution in [3.63, 3.8) is 0 Å². The van der Waals surface area contributed by atoms with E-state index < -0.39 is 67.2 Å². The van der Waals surface area contributed by atoms with Crippen molar-refractivity contribution >= 4 is 45.1 Å². The molecule has 328 valence electrons. The van der Waals surface area contributed by atoms with Gasteiger partial charge in [-0.15, -0.1) is 6.58 Å². The summed E-state index contributed by atoms with van der Waals surface area (Å²) in [6, 6.07) is -0.678. The van der Waals surface area contributed by atoms with Crippen LogP contribution in [0.3, 0.4) is 0 Å².